The molecule has 5 nitrogen and oxygen atoms in total. The number of nitriles is 1. The van der Waals surface area contributed by atoms with Gasteiger partial charge in [0, 0.05) is 13.1 Å². The summed E-state index contributed by atoms with van der Waals surface area (Å²) in [5.74, 6) is 0.374. The van der Waals surface area contributed by atoms with Crippen LogP contribution < -0.4 is 5.32 Å². The highest BCUT2D eigenvalue weighted by atomic mass is 16.3. The molecular weight excluding hydrogens is 302 g/mol. The maximum Gasteiger partial charge on any atom is 0.240 e. The molecule has 24 heavy (non-hydrogen) atoms. The molecule has 0 spiro atoms. The Labute approximate surface area is 143 Å². The first kappa shape index (κ1) is 16.9. The van der Waals surface area contributed by atoms with Gasteiger partial charge in [-0.15, -0.1) is 0 Å². The maximum absolute atomic E-state index is 12.7. The average molecular weight is 327 g/mol. The zero-order valence-electron chi connectivity index (χ0n) is 14.4. The number of rotatable bonds is 3. The average Bonchev–Trinajstić information content (AvgIpc) is 3.22. The summed E-state index contributed by atoms with van der Waals surface area (Å²) in [6.07, 6.45) is 2.48. The number of amides is 1. The molecule has 0 radical (unpaired) electrons. The first-order chi connectivity index (χ1) is 11.5. The highest BCUT2D eigenvalue weighted by Gasteiger charge is 2.37. The van der Waals surface area contributed by atoms with E-state index in [0.29, 0.717) is 12.5 Å². The monoisotopic (exact) mass is 327 g/mol. The maximum atomic E-state index is 12.7. The number of aliphatic hydroxyl groups excluding tert-OH is 1. The van der Waals surface area contributed by atoms with Gasteiger partial charge in [-0.05, 0) is 61.3 Å². The van der Waals surface area contributed by atoms with Crippen LogP contribution in [0, 0.1) is 25.2 Å². The van der Waals surface area contributed by atoms with Gasteiger partial charge in [-0.25, -0.2) is 0 Å². The van der Waals surface area contributed by atoms with E-state index in [9.17, 15) is 15.2 Å². The number of likely N-dealkylation sites (tertiary alicyclic amines) is 1. The summed E-state index contributed by atoms with van der Waals surface area (Å²) in [5, 5.41) is 21.9. The molecule has 3 rings (SSSR count). The number of aliphatic hydroxyl groups is 1. The van der Waals surface area contributed by atoms with Gasteiger partial charge in [0.25, 0.3) is 0 Å². The lowest BCUT2D eigenvalue weighted by atomic mass is 9.87. The number of carbonyl (C=O) groups excluding carboxylic acids is 1. The predicted octanol–water partition coefficient (Wildman–Crippen LogP) is 1.76. The van der Waals surface area contributed by atoms with Crippen molar-refractivity contribution < 1.29 is 9.90 Å². The number of benzene rings is 1. The molecule has 2 fully saturated rings. The van der Waals surface area contributed by atoms with Gasteiger partial charge in [0.05, 0.1) is 18.7 Å². The number of carbonyl (C=O) groups is 1. The second-order valence-corrected chi connectivity index (χ2v) is 7.01. The van der Waals surface area contributed by atoms with Crippen molar-refractivity contribution in [2.75, 3.05) is 13.1 Å². The van der Waals surface area contributed by atoms with Gasteiger partial charge < -0.3 is 15.3 Å². The van der Waals surface area contributed by atoms with Gasteiger partial charge in [0.2, 0.25) is 5.91 Å². The van der Waals surface area contributed by atoms with Crippen LogP contribution in [0.5, 0.6) is 0 Å². The smallest absolute Gasteiger partial charge is 0.240 e. The summed E-state index contributed by atoms with van der Waals surface area (Å²) in [6, 6.07) is 5.86. The molecule has 2 heterocycles. The third-order valence-electron chi connectivity index (χ3n) is 5.36. The van der Waals surface area contributed by atoms with E-state index >= 15 is 0 Å². The van der Waals surface area contributed by atoms with Gasteiger partial charge in [-0.1, -0.05) is 12.1 Å². The molecule has 2 aliphatic heterocycles. The molecule has 2 aliphatic rings. The summed E-state index contributed by atoms with van der Waals surface area (Å²) in [7, 11) is 0. The molecule has 0 saturated carbocycles. The normalized spacial score (nSPS) is 26.6. The number of hydrogen-bond donors (Lipinski definition) is 2. The van der Waals surface area contributed by atoms with Crippen molar-refractivity contribution in [3.05, 3.63) is 34.4 Å². The summed E-state index contributed by atoms with van der Waals surface area (Å²) in [4.78, 5) is 14.5. The van der Waals surface area contributed by atoms with Crippen molar-refractivity contribution in [2.24, 2.45) is 0 Å². The fourth-order valence-electron chi connectivity index (χ4n) is 4.31. The van der Waals surface area contributed by atoms with E-state index in [0.717, 1.165) is 31.4 Å². The highest BCUT2D eigenvalue weighted by molar-refractivity contribution is 5.83. The van der Waals surface area contributed by atoms with Crippen LogP contribution in [0.3, 0.4) is 0 Å². The Hall–Kier alpha value is -1.90. The van der Waals surface area contributed by atoms with E-state index in [1.807, 2.05) is 12.1 Å². The third kappa shape index (κ3) is 3.04. The molecule has 2 saturated heterocycles. The summed E-state index contributed by atoms with van der Waals surface area (Å²) < 4.78 is 0. The topological polar surface area (TPSA) is 76.4 Å². The molecule has 0 unspecified atom stereocenters. The van der Waals surface area contributed by atoms with Crippen LogP contribution in [0.4, 0.5) is 0 Å². The number of nitrogens with one attached hydrogen (secondary N) is 1. The van der Waals surface area contributed by atoms with Crippen LogP contribution in [-0.4, -0.2) is 41.1 Å². The van der Waals surface area contributed by atoms with Crippen LogP contribution in [-0.2, 0) is 11.4 Å². The van der Waals surface area contributed by atoms with Crippen molar-refractivity contribution in [1.29, 1.82) is 5.26 Å². The van der Waals surface area contributed by atoms with E-state index < -0.39 is 0 Å². The van der Waals surface area contributed by atoms with Crippen LogP contribution in [0.1, 0.15) is 47.4 Å². The summed E-state index contributed by atoms with van der Waals surface area (Å²) in [6.45, 7) is 5.67. The molecule has 5 heteroatoms. The molecule has 0 aliphatic carbocycles. The van der Waals surface area contributed by atoms with E-state index in [4.69, 9.17) is 0 Å². The zero-order chi connectivity index (χ0) is 17.3. The van der Waals surface area contributed by atoms with E-state index in [2.05, 4.69) is 25.2 Å². The second kappa shape index (κ2) is 6.92. The van der Waals surface area contributed by atoms with Crippen molar-refractivity contribution >= 4 is 5.91 Å². The lowest BCUT2D eigenvalue weighted by Gasteiger charge is -2.23. The molecule has 0 aromatic heterocycles. The Morgan fingerprint density at radius 1 is 1.42 bits per heavy atom. The first-order valence-electron chi connectivity index (χ1n) is 8.69. The van der Waals surface area contributed by atoms with E-state index in [-0.39, 0.29) is 24.6 Å². The minimum absolute atomic E-state index is 0.0521. The molecule has 0 bridgehead atoms. The molecule has 1 aromatic carbocycles. The number of aryl methyl sites for hydroxylation is 2. The largest absolute Gasteiger partial charge is 0.392 e. The Balaban J connectivity index is 1.74. The zero-order valence-corrected chi connectivity index (χ0v) is 14.4. The SMILES string of the molecule is Cc1cc(CO)cc(C)c1[C@@H]1CN[C@H](C(=O)N2CCC[C@H]2C#N)C1. The van der Waals surface area contributed by atoms with Crippen LogP contribution >= 0.6 is 0 Å². The highest BCUT2D eigenvalue weighted by Crippen LogP contribution is 2.33. The Kier molecular flexibility index (Phi) is 4.88. The van der Waals surface area contributed by atoms with Gasteiger partial charge in [0.15, 0.2) is 0 Å². The standard InChI is InChI=1S/C19H25N3O2/c1-12-6-14(11-23)7-13(2)18(12)15-8-17(21-10-15)19(24)22-5-3-4-16(22)9-20/h6-7,15-17,21,23H,3-5,8,10-11H2,1-2H3/t15-,16-,17-/m0/s1. The molecule has 1 aromatic rings. The fraction of sp³-hybridized carbons (Fsp3) is 0.579. The van der Waals surface area contributed by atoms with Gasteiger partial charge in [-0.3, -0.25) is 4.79 Å². The lowest BCUT2D eigenvalue weighted by molar-refractivity contribution is -0.133. The fourth-order valence-corrected chi connectivity index (χ4v) is 4.31. The Morgan fingerprint density at radius 2 is 2.12 bits per heavy atom. The van der Waals surface area contributed by atoms with Crippen LogP contribution in [0.2, 0.25) is 0 Å². The third-order valence-corrected chi connectivity index (χ3v) is 5.36. The predicted molar refractivity (Wildman–Crippen MR) is 91.3 cm³/mol. The van der Waals surface area contributed by atoms with Gasteiger partial charge in [-0.2, -0.15) is 5.26 Å². The minimum Gasteiger partial charge on any atom is -0.392 e. The second-order valence-electron chi connectivity index (χ2n) is 7.01. The summed E-state index contributed by atoms with van der Waals surface area (Å²) >= 11 is 0. The molecular formula is C19H25N3O2. The summed E-state index contributed by atoms with van der Waals surface area (Å²) in [5.41, 5.74) is 4.57. The van der Waals surface area contributed by atoms with Crippen molar-refractivity contribution in [2.45, 2.75) is 57.7 Å². The van der Waals surface area contributed by atoms with E-state index in [1.54, 1.807) is 4.90 Å². The minimum atomic E-state index is -0.259. The number of nitrogens with zero attached hydrogens (tertiary/aromatic N) is 2. The Bertz CT molecular complexity index is 657. The van der Waals surface area contributed by atoms with Crippen LogP contribution in [0.15, 0.2) is 12.1 Å². The van der Waals surface area contributed by atoms with E-state index in [1.165, 1.54) is 16.7 Å². The Morgan fingerprint density at radius 3 is 2.75 bits per heavy atom. The molecule has 2 N–H and O–H groups in total. The van der Waals surface area contributed by atoms with Gasteiger partial charge >= 0.3 is 0 Å². The first-order valence-corrected chi connectivity index (χ1v) is 8.69. The quantitative estimate of drug-likeness (QED) is 0.887. The molecule has 3 atom stereocenters. The molecule has 1 amide bonds. The van der Waals surface area contributed by atoms with Gasteiger partial charge in [0.1, 0.15) is 6.04 Å². The van der Waals surface area contributed by atoms with Crippen LogP contribution in [0.25, 0.3) is 0 Å². The number of hydrogen-bond acceptors (Lipinski definition) is 4. The molecule has 128 valence electrons. The van der Waals surface area contributed by atoms with Crippen molar-refractivity contribution in [3.8, 4) is 6.07 Å². The van der Waals surface area contributed by atoms with Crippen molar-refractivity contribution in [3.63, 3.8) is 0 Å². The van der Waals surface area contributed by atoms with Crippen molar-refractivity contribution in [1.82, 2.24) is 10.2 Å². The lowest BCUT2D eigenvalue weighted by Crippen LogP contribution is -2.45.